The number of phenolic OH excluding ortho intramolecular Hbond substituents is 1. The summed E-state index contributed by atoms with van der Waals surface area (Å²) < 4.78 is 0.945. The fourth-order valence-electron chi connectivity index (χ4n) is 1.36. The molecule has 0 heterocycles. The number of hydrogen-bond donors (Lipinski definition) is 1. The lowest BCUT2D eigenvalue weighted by Gasteiger charge is -2.05. The highest BCUT2D eigenvalue weighted by Crippen LogP contribution is 2.31. The van der Waals surface area contributed by atoms with Gasteiger partial charge >= 0.3 is 0 Å². The summed E-state index contributed by atoms with van der Waals surface area (Å²) in [7, 11) is 0. The van der Waals surface area contributed by atoms with Crippen molar-refractivity contribution in [2.24, 2.45) is 0 Å². The van der Waals surface area contributed by atoms with Crippen LogP contribution in [0.4, 0.5) is 0 Å². The molecule has 0 unspecified atom stereocenters. The van der Waals surface area contributed by atoms with Crippen LogP contribution in [-0.4, -0.2) is 5.11 Å². The molecule has 15 heavy (non-hydrogen) atoms. The highest BCUT2D eigenvalue weighted by Gasteiger charge is 2.03. The summed E-state index contributed by atoms with van der Waals surface area (Å²) in [4.78, 5) is 0. The third kappa shape index (κ3) is 2.33. The van der Waals surface area contributed by atoms with Crippen LogP contribution in [0.15, 0.2) is 46.9 Å². The van der Waals surface area contributed by atoms with Gasteiger partial charge in [-0.25, -0.2) is 0 Å². The molecule has 3 heteroatoms. The van der Waals surface area contributed by atoms with Crippen LogP contribution in [0.25, 0.3) is 11.1 Å². The van der Waals surface area contributed by atoms with Crippen LogP contribution in [0.1, 0.15) is 0 Å². The molecule has 76 valence electrons. The van der Waals surface area contributed by atoms with Crippen molar-refractivity contribution in [1.29, 1.82) is 0 Å². The van der Waals surface area contributed by atoms with Crippen molar-refractivity contribution >= 4 is 27.5 Å². The largest absolute Gasteiger partial charge is 0.508 e. The standard InChI is InChI=1S/C12H8BrClO/c13-12-7-9(14)3-6-11(12)8-1-4-10(15)5-2-8/h1-7,15H. The third-order valence-corrected chi connectivity index (χ3v) is 3.00. The van der Waals surface area contributed by atoms with Gasteiger partial charge in [0.1, 0.15) is 5.75 Å². The van der Waals surface area contributed by atoms with Gasteiger partial charge in [-0.1, -0.05) is 45.7 Å². The second-order valence-corrected chi connectivity index (χ2v) is 4.46. The number of rotatable bonds is 1. The zero-order valence-electron chi connectivity index (χ0n) is 7.74. The molecule has 0 radical (unpaired) electrons. The van der Waals surface area contributed by atoms with Gasteiger partial charge in [0.15, 0.2) is 0 Å². The van der Waals surface area contributed by atoms with Crippen molar-refractivity contribution in [2.75, 3.05) is 0 Å². The molecular formula is C12H8BrClO. The summed E-state index contributed by atoms with van der Waals surface area (Å²) in [5, 5.41) is 9.88. The lowest BCUT2D eigenvalue weighted by atomic mass is 10.1. The summed E-state index contributed by atoms with van der Waals surface area (Å²) in [5.74, 6) is 0.267. The van der Waals surface area contributed by atoms with Crippen molar-refractivity contribution < 1.29 is 5.11 Å². The van der Waals surface area contributed by atoms with Gasteiger partial charge in [0.25, 0.3) is 0 Å². The highest BCUT2D eigenvalue weighted by atomic mass is 79.9. The van der Waals surface area contributed by atoms with Crippen molar-refractivity contribution in [3.63, 3.8) is 0 Å². The number of halogens is 2. The van der Waals surface area contributed by atoms with Gasteiger partial charge in [-0.05, 0) is 35.4 Å². The lowest BCUT2D eigenvalue weighted by molar-refractivity contribution is 0.475. The van der Waals surface area contributed by atoms with Crippen LogP contribution < -0.4 is 0 Å². The smallest absolute Gasteiger partial charge is 0.115 e. The van der Waals surface area contributed by atoms with E-state index in [4.69, 9.17) is 11.6 Å². The number of phenols is 1. The number of aromatic hydroxyl groups is 1. The molecule has 2 aromatic rings. The maximum atomic E-state index is 9.18. The van der Waals surface area contributed by atoms with Crippen molar-refractivity contribution in [1.82, 2.24) is 0 Å². The SMILES string of the molecule is Oc1ccc(-c2ccc(Cl)cc2Br)cc1. The fraction of sp³-hybridized carbons (Fsp3) is 0. The Morgan fingerprint density at radius 3 is 2.27 bits per heavy atom. The first-order chi connectivity index (χ1) is 7.16. The quantitative estimate of drug-likeness (QED) is 0.818. The molecule has 0 saturated heterocycles. The number of benzene rings is 2. The summed E-state index contributed by atoms with van der Waals surface area (Å²) in [5.41, 5.74) is 2.09. The molecule has 0 fully saturated rings. The van der Waals surface area contributed by atoms with Gasteiger partial charge in [0.05, 0.1) is 0 Å². The Morgan fingerprint density at radius 2 is 1.67 bits per heavy atom. The molecule has 0 aromatic heterocycles. The Labute approximate surface area is 101 Å². The van der Waals surface area contributed by atoms with Crippen molar-refractivity contribution in [3.8, 4) is 16.9 Å². The van der Waals surface area contributed by atoms with E-state index < -0.39 is 0 Å². The zero-order valence-corrected chi connectivity index (χ0v) is 10.1. The molecule has 2 rings (SSSR count). The van der Waals surface area contributed by atoms with Crippen LogP contribution in [0.5, 0.6) is 5.75 Å². The predicted molar refractivity (Wildman–Crippen MR) is 66.3 cm³/mol. The normalized spacial score (nSPS) is 10.3. The minimum Gasteiger partial charge on any atom is -0.508 e. The zero-order chi connectivity index (χ0) is 10.8. The van der Waals surface area contributed by atoms with Crippen molar-refractivity contribution in [2.45, 2.75) is 0 Å². The molecule has 0 aliphatic heterocycles. The van der Waals surface area contributed by atoms with E-state index in [0.29, 0.717) is 5.02 Å². The first kappa shape index (κ1) is 10.5. The second kappa shape index (κ2) is 4.25. The fourth-order valence-corrected chi connectivity index (χ4v) is 2.28. The molecule has 0 saturated carbocycles. The van der Waals surface area contributed by atoms with E-state index in [1.807, 2.05) is 30.3 Å². The maximum Gasteiger partial charge on any atom is 0.115 e. The molecular weight excluding hydrogens is 275 g/mol. The van der Waals surface area contributed by atoms with Gasteiger partial charge in [-0.3, -0.25) is 0 Å². The second-order valence-electron chi connectivity index (χ2n) is 3.17. The van der Waals surface area contributed by atoms with Gasteiger partial charge in [-0.15, -0.1) is 0 Å². The molecule has 0 spiro atoms. The van der Waals surface area contributed by atoms with E-state index >= 15 is 0 Å². The van der Waals surface area contributed by atoms with E-state index in [1.165, 1.54) is 0 Å². The van der Waals surface area contributed by atoms with Gasteiger partial charge < -0.3 is 5.11 Å². The van der Waals surface area contributed by atoms with Gasteiger partial charge in [-0.2, -0.15) is 0 Å². The maximum absolute atomic E-state index is 9.18. The average molecular weight is 284 g/mol. The van der Waals surface area contributed by atoms with Crippen LogP contribution in [-0.2, 0) is 0 Å². The number of hydrogen-bond acceptors (Lipinski definition) is 1. The Kier molecular flexibility index (Phi) is 2.98. The molecule has 2 aromatic carbocycles. The van der Waals surface area contributed by atoms with E-state index in [1.54, 1.807) is 12.1 Å². The van der Waals surface area contributed by atoms with Gasteiger partial charge in [0, 0.05) is 9.50 Å². The third-order valence-electron chi connectivity index (χ3n) is 2.11. The summed E-state index contributed by atoms with van der Waals surface area (Å²) in [6, 6.07) is 12.7. The molecule has 1 nitrogen and oxygen atoms in total. The topological polar surface area (TPSA) is 20.2 Å². The van der Waals surface area contributed by atoms with E-state index in [2.05, 4.69) is 15.9 Å². The van der Waals surface area contributed by atoms with Gasteiger partial charge in [0.2, 0.25) is 0 Å². The first-order valence-electron chi connectivity index (χ1n) is 4.41. The summed E-state index contributed by atoms with van der Waals surface area (Å²) >= 11 is 9.32. The highest BCUT2D eigenvalue weighted by molar-refractivity contribution is 9.10. The van der Waals surface area contributed by atoms with Crippen molar-refractivity contribution in [3.05, 3.63) is 52.0 Å². The van der Waals surface area contributed by atoms with E-state index in [0.717, 1.165) is 15.6 Å². The Hall–Kier alpha value is -0.990. The minimum atomic E-state index is 0.267. The first-order valence-corrected chi connectivity index (χ1v) is 5.58. The van der Waals surface area contributed by atoms with Crippen LogP contribution in [0, 0.1) is 0 Å². The Bertz CT molecular complexity index is 479. The summed E-state index contributed by atoms with van der Waals surface area (Å²) in [6.45, 7) is 0. The molecule has 0 bridgehead atoms. The Morgan fingerprint density at radius 1 is 1.00 bits per heavy atom. The average Bonchev–Trinajstić information content (AvgIpc) is 2.20. The molecule has 0 aliphatic rings. The van der Waals surface area contributed by atoms with E-state index in [-0.39, 0.29) is 5.75 Å². The predicted octanol–water partition coefficient (Wildman–Crippen LogP) is 4.48. The monoisotopic (exact) mass is 282 g/mol. The van der Waals surface area contributed by atoms with Crippen LogP contribution >= 0.6 is 27.5 Å². The molecule has 0 atom stereocenters. The minimum absolute atomic E-state index is 0.267. The van der Waals surface area contributed by atoms with E-state index in [9.17, 15) is 5.11 Å². The molecule has 0 amide bonds. The van der Waals surface area contributed by atoms with Crippen LogP contribution in [0.2, 0.25) is 5.02 Å². The molecule has 0 aliphatic carbocycles. The Balaban J connectivity index is 2.49. The lowest BCUT2D eigenvalue weighted by Crippen LogP contribution is -1.79. The summed E-state index contributed by atoms with van der Waals surface area (Å²) in [6.07, 6.45) is 0. The molecule has 1 N–H and O–H groups in total. The van der Waals surface area contributed by atoms with Crippen LogP contribution in [0.3, 0.4) is 0 Å².